The summed E-state index contributed by atoms with van der Waals surface area (Å²) < 4.78 is 13.6. The maximum absolute atomic E-state index is 13.6. The standard InChI is InChI=1S/C25H28FN4O/c1-18(20-9-3-2-4-10-20)29-30(31)15-14-24-23-13-6-5-11-21(25(23)28-27-24)16-19-8-7-12-22(26)17-19/h2-4,7-10,12,14-15,17-18,21H,5-6,11,13,16H2,1H3,(H,27,28)(H,29,31)/q+1/b15-14+/t18-,21?/m0/s1. The van der Waals surface area contributed by atoms with Crippen LogP contribution in [0.5, 0.6) is 0 Å². The minimum atomic E-state index is -0.202. The summed E-state index contributed by atoms with van der Waals surface area (Å²) in [5, 5.41) is 7.68. The van der Waals surface area contributed by atoms with Crippen LogP contribution in [0.3, 0.4) is 0 Å². The van der Waals surface area contributed by atoms with E-state index >= 15 is 0 Å². The number of fused-ring (bicyclic) bond motifs is 1. The molecule has 3 aromatic rings. The van der Waals surface area contributed by atoms with Crippen LogP contribution < -0.4 is 5.43 Å². The fourth-order valence-electron chi connectivity index (χ4n) is 4.31. The fourth-order valence-corrected chi connectivity index (χ4v) is 4.31. The van der Waals surface area contributed by atoms with E-state index in [9.17, 15) is 9.30 Å². The zero-order valence-corrected chi connectivity index (χ0v) is 17.7. The van der Waals surface area contributed by atoms with Crippen LogP contribution in [-0.4, -0.2) is 15.1 Å². The van der Waals surface area contributed by atoms with E-state index in [0.717, 1.165) is 59.5 Å². The molecule has 0 spiro atoms. The molecule has 2 N–H and O–H groups in total. The minimum absolute atomic E-state index is 0.102. The largest absolute Gasteiger partial charge is 0.281 e. The lowest BCUT2D eigenvalue weighted by molar-refractivity contribution is -0.549. The third kappa shape index (κ3) is 5.26. The molecule has 0 radical (unpaired) electrons. The van der Waals surface area contributed by atoms with E-state index < -0.39 is 0 Å². The van der Waals surface area contributed by atoms with Crippen LogP contribution >= 0.6 is 0 Å². The van der Waals surface area contributed by atoms with Gasteiger partial charge in [-0.3, -0.25) is 5.10 Å². The van der Waals surface area contributed by atoms with E-state index in [0.29, 0.717) is 0 Å². The van der Waals surface area contributed by atoms with Crippen LogP contribution in [0.2, 0.25) is 0 Å². The third-order valence-electron chi connectivity index (χ3n) is 5.93. The summed E-state index contributed by atoms with van der Waals surface area (Å²) in [4.78, 5) is 13.1. The summed E-state index contributed by atoms with van der Waals surface area (Å²) in [5.41, 5.74) is 8.04. The van der Waals surface area contributed by atoms with Crippen molar-refractivity contribution < 1.29 is 9.26 Å². The summed E-state index contributed by atoms with van der Waals surface area (Å²) in [6, 6.07) is 16.6. The van der Waals surface area contributed by atoms with E-state index in [4.69, 9.17) is 0 Å². The second kappa shape index (κ2) is 9.69. The van der Waals surface area contributed by atoms with E-state index in [1.54, 1.807) is 18.2 Å². The molecule has 1 heterocycles. The highest BCUT2D eigenvalue weighted by Crippen LogP contribution is 2.33. The first-order valence-corrected chi connectivity index (χ1v) is 10.9. The molecule has 6 heteroatoms. The zero-order valence-electron chi connectivity index (χ0n) is 17.7. The Kier molecular flexibility index (Phi) is 6.55. The summed E-state index contributed by atoms with van der Waals surface area (Å²) in [7, 11) is 0. The topological polar surface area (TPSA) is 60.8 Å². The first kappa shape index (κ1) is 21.0. The smallest absolute Gasteiger partial charge is 0.259 e. The van der Waals surface area contributed by atoms with Gasteiger partial charge in [0.15, 0.2) is 0 Å². The highest BCUT2D eigenvalue weighted by molar-refractivity contribution is 5.50. The van der Waals surface area contributed by atoms with Crippen molar-refractivity contribution >= 4 is 6.08 Å². The number of hydrazine groups is 1. The van der Waals surface area contributed by atoms with Gasteiger partial charge in [-0.05, 0) is 55.9 Å². The van der Waals surface area contributed by atoms with Gasteiger partial charge in [0, 0.05) is 23.3 Å². The van der Waals surface area contributed by atoms with Crippen LogP contribution in [0.4, 0.5) is 4.39 Å². The second-order valence-electron chi connectivity index (χ2n) is 8.18. The van der Waals surface area contributed by atoms with Crippen molar-refractivity contribution in [3.63, 3.8) is 0 Å². The summed E-state index contributed by atoms with van der Waals surface area (Å²) in [5.74, 6) is 0.0703. The quantitative estimate of drug-likeness (QED) is 0.297. The highest BCUT2D eigenvalue weighted by atomic mass is 19.1. The zero-order chi connectivity index (χ0) is 21.6. The minimum Gasteiger partial charge on any atom is -0.281 e. The SMILES string of the molecule is C[C@H](N[N+](=O)/C=C/c1n[nH]c2c1CCCCC2Cc1cccc(F)c1)c1ccccc1. The number of nitrogens with one attached hydrogen (secondary N) is 2. The molecular formula is C25H28FN4O+. The number of benzene rings is 2. The molecule has 0 aliphatic heterocycles. The number of nitroso groups, excluding NO2 is 1. The Morgan fingerprint density at radius 1 is 1.23 bits per heavy atom. The van der Waals surface area contributed by atoms with Crippen LogP contribution in [0, 0.1) is 10.7 Å². The Morgan fingerprint density at radius 2 is 2.06 bits per heavy atom. The van der Waals surface area contributed by atoms with Gasteiger partial charge in [0.25, 0.3) is 6.20 Å². The Labute approximate surface area is 181 Å². The number of hydrogen-bond donors (Lipinski definition) is 2. The molecule has 0 amide bonds. The van der Waals surface area contributed by atoms with E-state index in [1.807, 2.05) is 43.3 Å². The maximum atomic E-state index is 13.6. The van der Waals surface area contributed by atoms with Crippen molar-refractivity contribution in [2.24, 2.45) is 0 Å². The molecule has 31 heavy (non-hydrogen) atoms. The van der Waals surface area contributed by atoms with Crippen molar-refractivity contribution in [1.82, 2.24) is 15.6 Å². The van der Waals surface area contributed by atoms with Crippen molar-refractivity contribution in [2.45, 2.75) is 51.0 Å². The number of hydrogen-bond acceptors (Lipinski definition) is 2. The molecule has 160 valence electrons. The van der Waals surface area contributed by atoms with E-state index in [-0.39, 0.29) is 17.8 Å². The summed E-state index contributed by atoms with van der Waals surface area (Å²) in [6.45, 7) is 1.95. The Bertz CT molecular complexity index is 1060. The molecule has 0 saturated heterocycles. The fraction of sp³-hybridized carbons (Fsp3) is 0.320. The van der Waals surface area contributed by atoms with Crippen molar-refractivity contribution in [2.75, 3.05) is 0 Å². The van der Waals surface area contributed by atoms with Gasteiger partial charge in [-0.2, -0.15) is 5.10 Å². The van der Waals surface area contributed by atoms with Gasteiger partial charge in [0.05, 0.1) is 10.6 Å². The summed E-state index contributed by atoms with van der Waals surface area (Å²) in [6.07, 6.45) is 8.18. The van der Waals surface area contributed by atoms with Gasteiger partial charge >= 0.3 is 0 Å². The van der Waals surface area contributed by atoms with Gasteiger partial charge in [-0.1, -0.05) is 48.9 Å². The molecule has 1 aliphatic carbocycles. The average molecular weight is 420 g/mol. The van der Waals surface area contributed by atoms with E-state index in [2.05, 4.69) is 15.6 Å². The molecule has 0 fully saturated rings. The van der Waals surface area contributed by atoms with E-state index in [1.165, 1.54) is 17.8 Å². The molecule has 2 atom stereocenters. The Balaban J connectivity index is 1.46. The van der Waals surface area contributed by atoms with Crippen molar-refractivity contribution in [3.8, 4) is 0 Å². The number of H-pyrrole nitrogens is 1. The third-order valence-corrected chi connectivity index (χ3v) is 5.93. The molecule has 4 rings (SSSR count). The molecule has 1 unspecified atom stereocenters. The van der Waals surface area contributed by atoms with Gasteiger partial charge < -0.3 is 0 Å². The number of aromatic amines is 1. The number of nitrogens with zero attached hydrogens (tertiary/aromatic N) is 2. The Morgan fingerprint density at radius 3 is 2.87 bits per heavy atom. The molecule has 1 aliphatic rings. The maximum Gasteiger partial charge on any atom is 0.259 e. The molecule has 1 aromatic heterocycles. The Hall–Kier alpha value is -3.28. The lowest BCUT2D eigenvalue weighted by atomic mass is 9.91. The first-order valence-electron chi connectivity index (χ1n) is 10.9. The number of halogens is 1. The van der Waals surface area contributed by atoms with Gasteiger partial charge in [0.2, 0.25) is 0 Å². The van der Waals surface area contributed by atoms with Gasteiger partial charge in [-0.25, -0.2) is 4.39 Å². The highest BCUT2D eigenvalue weighted by Gasteiger charge is 2.24. The molecule has 5 nitrogen and oxygen atoms in total. The average Bonchev–Trinajstić information content (AvgIpc) is 3.07. The lowest BCUT2D eigenvalue weighted by Gasteiger charge is -2.14. The lowest BCUT2D eigenvalue weighted by Crippen LogP contribution is -2.25. The van der Waals surface area contributed by atoms with Crippen LogP contribution in [0.1, 0.15) is 66.2 Å². The monoisotopic (exact) mass is 419 g/mol. The van der Waals surface area contributed by atoms with Crippen LogP contribution in [0.15, 0.2) is 60.8 Å². The van der Waals surface area contributed by atoms with Gasteiger partial charge in [0.1, 0.15) is 16.7 Å². The second-order valence-corrected chi connectivity index (χ2v) is 8.18. The van der Waals surface area contributed by atoms with Crippen molar-refractivity contribution in [1.29, 1.82) is 0 Å². The molecule has 0 saturated carbocycles. The number of aromatic nitrogens is 2. The predicted molar refractivity (Wildman–Crippen MR) is 120 cm³/mol. The molecule has 2 aromatic carbocycles. The predicted octanol–water partition coefficient (Wildman–Crippen LogP) is 5.62. The first-order chi connectivity index (χ1) is 15.1. The number of rotatable bonds is 7. The molecular weight excluding hydrogens is 391 g/mol. The normalized spacial score (nSPS) is 17.2. The molecule has 0 bridgehead atoms. The van der Waals surface area contributed by atoms with Crippen LogP contribution in [-0.2, 0) is 12.8 Å². The van der Waals surface area contributed by atoms with Gasteiger partial charge in [-0.15, -0.1) is 5.43 Å². The summed E-state index contributed by atoms with van der Waals surface area (Å²) >= 11 is 0. The van der Waals surface area contributed by atoms with Crippen molar-refractivity contribution in [3.05, 3.63) is 99.6 Å². The van der Waals surface area contributed by atoms with Crippen LogP contribution in [0.25, 0.3) is 6.08 Å².